The monoisotopic (exact) mass is 474 g/mol. The summed E-state index contributed by atoms with van der Waals surface area (Å²) in [5, 5.41) is 3.28. The Morgan fingerprint density at radius 2 is 1.97 bits per heavy atom. The first-order chi connectivity index (χ1) is 14.3. The lowest BCUT2D eigenvalue weighted by Gasteiger charge is -2.21. The van der Waals surface area contributed by atoms with Crippen LogP contribution in [-0.2, 0) is 4.79 Å². The van der Waals surface area contributed by atoms with Crippen LogP contribution < -0.4 is 10.9 Å². The Hall–Kier alpha value is -3.07. The summed E-state index contributed by atoms with van der Waals surface area (Å²) in [6.45, 7) is 3.58. The molecule has 6 nitrogen and oxygen atoms in total. The van der Waals surface area contributed by atoms with E-state index in [0.29, 0.717) is 29.3 Å². The number of para-hydroxylation sites is 1. The number of halogens is 3. The molecule has 4 aromatic rings. The Balaban J connectivity index is 1.89. The van der Waals surface area contributed by atoms with Crippen LogP contribution in [0.5, 0.6) is 0 Å². The van der Waals surface area contributed by atoms with Crippen LogP contribution in [0.1, 0.15) is 25.1 Å². The highest BCUT2D eigenvalue weighted by Gasteiger charge is 2.26. The van der Waals surface area contributed by atoms with Gasteiger partial charge in [-0.05, 0) is 47.5 Å². The number of carbonyl (C=O) groups excluding carboxylic acids is 1. The second kappa shape index (κ2) is 7.64. The number of benzene rings is 2. The van der Waals surface area contributed by atoms with Crippen molar-refractivity contribution < 1.29 is 13.6 Å². The van der Waals surface area contributed by atoms with Crippen molar-refractivity contribution in [1.82, 2.24) is 14.2 Å². The van der Waals surface area contributed by atoms with E-state index in [-0.39, 0.29) is 15.7 Å². The molecule has 0 spiro atoms. The largest absolute Gasteiger partial charge is 0.321 e. The van der Waals surface area contributed by atoms with E-state index in [2.05, 4.69) is 26.2 Å². The van der Waals surface area contributed by atoms with Crippen molar-refractivity contribution in [2.45, 2.75) is 26.3 Å². The molecule has 4 rings (SSSR count). The van der Waals surface area contributed by atoms with Crippen LogP contribution in [0.25, 0.3) is 16.6 Å². The van der Waals surface area contributed by atoms with Gasteiger partial charge in [0.2, 0.25) is 5.91 Å². The number of carbonyl (C=O) groups is 1. The zero-order valence-corrected chi connectivity index (χ0v) is 17.7. The summed E-state index contributed by atoms with van der Waals surface area (Å²) >= 11 is 3.09. The number of fused-ring (bicyclic) bond motifs is 3. The maximum absolute atomic E-state index is 14.3. The van der Waals surface area contributed by atoms with Gasteiger partial charge in [0, 0.05) is 27.7 Å². The van der Waals surface area contributed by atoms with Gasteiger partial charge in [-0.15, -0.1) is 0 Å². The van der Waals surface area contributed by atoms with E-state index in [9.17, 15) is 18.4 Å². The SMILES string of the molecule is CCC(C(=O)Nc1c(F)cc(F)cc1Br)n1c2ccccc2c2nc(=O)cc(C)n21. The van der Waals surface area contributed by atoms with Crippen LogP contribution in [0.2, 0.25) is 0 Å². The molecular weight excluding hydrogens is 458 g/mol. The third kappa shape index (κ3) is 3.28. The number of nitrogens with zero attached hydrogens (tertiary/aromatic N) is 3. The molecule has 0 fully saturated rings. The second-order valence-electron chi connectivity index (χ2n) is 6.89. The normalized spacial score (nSPS) is 12.4. The molecule has 2 aromatic heterocycles. The smallest absolute Gasteiger partial charge is 0.273 e. The van der Waals surface area contributed by atoms with Crippen molar-refractivity contribution >= 4 is 44.1 Å². The summed E-state index contributed by atoms with van der Waals surface area (Å²) in [6.07, 6.45) is 0.381. The molecule has 30 heavy (non-hydrogen) atoms. The molecule has 0 bridgehead atoms. The fraction of sp³-hybridized carbons (Fsp3) is 0.190. The van der Waals surface area contributed by atoms with E-state index in [1.165, 1.54) is 6.07 Å². The number of nitrogens with one attached hydrogen (secondary N) is 1. The molecule has 0 saturated heterocycles. The predicted octanol–water partition coefficient (Wildman–Crippen LogP) is 4.59. The van der Waals surface area contributed by atoms with Crippen LogP contribution in [0.3, 0.4) is 0 Å². The minimum atomic E-state index is -0.881. The van der Waals surface area contributed by atoms with E-state index >= 15 is 0 Å². The lowest BCUT2D eigenvalue weighted by Crippen LogP contribution is -2.29. The van der Waals surface area contributed by atoms with Gasteiger partial charge in [0.1, 0.15) is 11.9 Å². The molecule has 1 N–H and O–H groups in total. The fourth-order valence-corrected chi connectivity index (χ4v) is 4.16. The quantitative estimate of drug-likeness (QED) is 0.470. The van der Waals surface area contributed by atoms with E-state index in [0.717, 1.165) is 11.5 Å². The van der Waals surface area contributed by atoms with Gasteiger partial charge in [-0.1, -0.05) is 19.1 Å². The Morgan fingerprint density at radius 3 is 2.67 bits per heavy atom. The van der Waals surface area contributed by atoms with Gasteiger partial charge < -0.3 is 5.32 Å². The number of amides is 1. The van der Waals surface area contributed by atoms with Gasteiger partial charge >= 0.3 is 0 Å². The van der Waals surface area contributed by atoms with Gasteiger partial charge in [-0.2, -0.15) is 4.98 Å². The van der Waals surface area contributed by atoms with Crippen molar-refractivity contribution in [3.63, 3.8) is 0 Å². The molecular formula is C21H17BrF2N4O2. The summed E-state index contributed by atoms with van der Waals surface area (Å²) in [4.78, 5) is 29.3. The number of hydrogen-bond acceptors (Lipinski definition) is 3. The number of anilines is 1. The zero-order valence-electron chi connectivity index (χ0n) is 16.1. The lowest BCUT2D eigenvalue weighted by atomic mass is 10.2. The molecule has 9 heteroatoms. The standard InChI is InChI=1S/C21H17BrF2N4O2/c1-3-16(21(30)26-19-14(22)9-12(23)10-15(19)24)28-17-7-5-4-6-13(17)20-25-18(29)8-11(2)27(20)28/h4-10,16H,3H2,1-2H3,(H,26,30). The fourth-order valence-electron chi connectivity index (χ4n) is 3.65. The molecule has 0 aliphatic carbocycles. The van der Waals surface area contributed by atoms with Crippen molar-refractivity contribution in [2.75, 3.05) is 5.32 Å². The first-order valence-electron chi connectivity index (χ1n) is 9.26. The Morgan fingerprint density at radius 1 is 1.23 bits per heavy atom. The van der Waals surface area contributed by atoms with Crippen molar-refractivity contribution in [3.05, 3.63) is 74.6 Å². The van der Waals surface area contributed by atoms with E-state index in [1.54, 1.807) is 16.1 Å². The van der Waals surface area contributed by atoms with Gasteiger partial charge in [-0.25, -0.2) is 13.3 Å². The average molecular weight is 475 g/mol. The minimum Gasteiger partial charge on any atom is -0.321 e. The van der Waals surface area contributed by atoms with Crippen LogP contribution in [0.15, 0.2) is 51.7 Å². The Labute approximate surface area is 178 Å². The highest BCUT2D eigenvalue weighted by molar-refractivity contribution is 9.10. The minimum absolute atomic E-state index is 0.104. The average Bonchev–Trinajstić information content (AvgIpc) is 3.00. The third-order valence-corrected chi connectivity index (χ3v) is 5.56. The summed E-state index contributed by atoms with van der Waals surface area (Å²) in [6, 6.07) is 9.75. The molecule has 0 aliphatic heterocycles. The maximum Gasteiger partial charge on any atom is 0.273 e. The molecule has 0 radical (unpaired) electrons. The zero-order chi connectivity index (χ0) is 21.6. The van der Waals surface area contributed by atoms with Crippen LogP contribution in [0, 0.1) is 18.6 Å². The molecule has 1 unspecified atom stereocenters. The number of aryl methyl sites for hydroxylation is 1. The van der Waals surface area contributed by atoms with Gasteiger partial charge in [0.05, 0.1) is 11.2 Å². The van der Waals surface area contributed by atoms with Crippen molar-refractivity contribution in [1.29, 1.82) is 0 Å². The van der Waals surface area contributed by atoms with Gasteiger partial charge in [0.25, 0.3) is 5.56 Å². The predicted molar refractivity (Wildman–Crippen MR) is 114 cm³/mol. The number of aromatic nitrogens is 3. The van der Waals surface area contributed by atoms with Gasteiger partial charge in [0.15, 0.2) is 11.5 Å². The van der Waals surface area contributed by atoms with Crippen molar-refractivity contribution in [2.24, 2.45) is 0 Å². The highest BCUT2D eigenvalue weighted by atomic mass is 79.9. The molecule has 2 aromatic carbocycles. The Kier molecular flexibility index (Phi) is 5.15. The first kappa shape index (κ1) is 20.2. The number of rotatable bonds is 4. The molecule has 2 heterocycles. The molecule has 0 saturated carbocycles. The number of hydrogen-bond donors (Lipinski definition) is 1. The lowest BCUT2D eigenvalue weighted by molar-refractivity contribution is -0.119. The maximum atomic E-state index is 14.3. The Bertz CT molecular complexity index is 1340. The van der Waals surface area contributed by atoms with Crippen molar-refractivity contribution in [3.8, 4) is 0 Å². The first-order valence-corrected chi connectivity index (χ1v) is 10.1. The summed E-state index contributed by atoms with van der Waals surface area (Å²) < 4.78 is 31.2. The second-order valence-corrected chi connectivity index (χ2v) is 7.74. The van der Waals surface area contributed by atoms with E-state index in [4.69, 9.17) is 0 Å². The topological polar surface area (TPSA) is 68.4 Å². The van der Waals surface area contributed by atoms with Gasteiger partial charge in [-0.3, -0.25) is 14.3 Å². The summed E-state index contributed by atoms with van der Waals surface area (Å²) in [5.41, 5.74) is 1.25. The highest BCUT2D eigenvalue weighted by Crippen LogP contribution is 2.30. The summed E-state index contributed by atoms with van der Waals surface area (Å²) in [7, 11) is 0. The van der Waals surface area contributed by atoms with Crippen LogP contribution in [-0.4, -0.2) is 20.1 Å². The molecule has 154 valence electrons. The summed E-state index contributed by atoms with van der Waals surface area (Å²) in [5.74, 6) is -2.12. The van der Waals surface area contributed by atoms with Crippen LogP contribution >= 0.6 is 15.9 Å². The third-order valence-electron chi connectivity index (χ3n) is 4.93. The van der Waals surface area contributed by atoms with E-state index in [1.807, 2.05) is 31.2 Å². The molecule has 0 aliphatic rings. The molecule has 1 atom stereocenters. The van der Waals surface area contributed by atoms with Crippen LogP contribution in [0.4, 0.5) is 14.5 Å². The molecule has 1 amide bonds. The van der Waals surface area contributed by atoms with E-state index < -0.39 is 23.6 Å².